The largest absolute Gasteiger partial charge is 0.462 e. The van der Waals surface area contributed by atoms with Gasteiger partial charge in [0.2, 0.25) is 0 Å². The lowest BCUT2D eigenvalue weighted by atomic mass is 9.99. The van der Waals surface area contributed by atoms with Gasteiger partial charge in [0.05, 0.1) is 46.9 Å². The van der Waals surface area contributed by atoms with Crippen LogP contribution in [0.4, 0.5) is 16.4 Å². The Balaban J connectivity index is 0.000000373. The molecule has 52 heavy (non-hydrogen) atoms. The molecule has 0 aliphatic carbocycles. The van der Waals surface area contributed by atoms with Crippen molar-refractivity contribution in [2.75, 3.05) is 62.3 Å². The smallest absolute Gasteiger partial charge is 0.340 e. The van der Waals surface area contributed by atoms with Gasteiger partial charge in [0.25, 0.3) is 0 Å². The second kappa shape index (κ2) is 20.6. The Morgan fingerprint density at radius 3 is 1.69 bits per heavy atom. The summed E-state index contributed by atoms with van der Waals surface area (Å²) in [6, 6.07) is 16.8. The molecular weight excluding hydrogens is 709 g/mol. The van der Waals surface area contributed by atoms with Crippen LogP contribution in [0.15, 0.2) is 42.5 Å². The highest BCUT2D eigenvalue weighted by atomic mass is 35.5. The number of hydrogen-bond donors (Lipinski definition) is 3. The molecule has 2 aromatic heterocycles. The number of ether oxygens (including phenoxy) is 2. The number of pyridine rings is 2. The summed E-state index contributed by atoms with van der Waals surface area (Å²) < 4.78 is 9.99. The molecular formula is C36H45Cl2N9O5. The monoisotopic (exact) mass is 753 g/mol. The van der Waals surface area contributed by atoms with Crippen LogP contribution in [0.25, 0.3) is 0 Å². The molecule has 278 valence electrons. The van der Waals surface area contributed by atoms with Crippen molar-refractivity contribution in [3.63, 3.8) is 0 Å². The summed E-state index contributed by atoms with van der Waals surface area (Å²) in [6.07, 6.45) is 0. The van der Waals surface area contributed by atoms with Crippen molar-refractivity contribution in [3.05, 3.63) is 81.7 Å². The minimum absolute atomic E-state index is 0. The summed E-state index contributed by atoms with van der Waals surface area (Å²) in [5, 5.41) is 24.4. The Morgan fingerprint density at radius 1 is 0.808 bits per heavy atom. The van der Waals surface area contributed by atoms with Crippen LogP contribution in [-0.2, 0) is 16.0 Å². The Bertz CT molecular complexity index is 1770. The fourth-order valence-corrected chi connectivity index (χ4v) is 5.50. The number of nitrogens with zero attached hydrogens (tertiary/aromatic N) is 6. The average molecular weight is 755 g/mol. The van der Waals surface area contributed by atoms with Crippen LogP contribution in [0.1, 0.15) is 62.6 Å². The molecule has 0 bridgehead atoms. The van der Waals surface area contributed by atoms with E-state index in [9.17, 15) is 24.9 Å². The molecule has 0 radical (unpaired) electrons. The third-order valence-corrected chi connectivity index (χ3v) is 8.31. The van der Waals surface area contributed by atoms with E-state index in [0.717, 1.165) is 18.7 Å². The molecule has 3 aromatic rings. The van der Waals surface area contributed by atoms with Gasteiger partial charge in [-0.05, 0) is 51.9 Å². The fourth-order valence-electron chi connectivity index (χ4n) is 5.50. The molecule has 0 atom stereocenters. The number of nitriles is 2. The van der Waals surface area contributed by atoms with Crippen LogP contribution in [0, 0.1) is 48.3 Å². The molecule has 2 amide bonds. The number of aryl methyl sites for hydroxylation is 2. The number of nitrogens with one attached hydrogen (secondary N) is 2. The number of nitrogens with two attached hydrogens (primary N) is 1. The van der Waals surface area contributed by atoms with Crippen LogP contribution in [0.5, 0.6) is 0 Å². The van der Waals surface area contributed by atoms with E-state index < -0.39 is 11.9 Å². The highest BCUT2D eigenvalue weighted by Crippen LogP contribution is 2.29. The van der Waals surface area contributed by atoms with Gasteiger partial charge in [0.1, 0.15) is 23.8 Å². The number of esters is 2. The number of anilines is 2. The van der Waals surface area contributed by atoms with Gasteiger partial charge in [0, 0.05) is 51.1 Å². The standard InChI is InChI=1S/C22H25N5O3.C14H18N4O2.2ClH/c1-3-30-21(28)19-9-18(10-23)20(26-15(19)2)27-13-17(14-27)12-25-22(29)24-11-16-7-5-4-6-8-16;1-3-20-14(19)12-4-11(6-16)13(17-9(12)2)18-7-10(5-15)8-18;;/h4-9,17H,3,11-14H2,1-2H3,(H2,24,25,29);4,10H,3,5,7-8,15H2,1-2H3;2*1H. The third kappa shape index (κ3) is 10.9. The van der Waals surface area contributed by atoms with E-state index in [0.29, 0.717) is 90.5 Å². The first-order chi connectivity index (χ1) is 24.1. The van der Waals surface area contributed by atoms with Gasteiger partial charge in [-0.15, -0.1) is 24.8 Å². The van der Waals surface area contributed by atoms with Crippen LogP contribution in [0.3, 0.4) is 0 Å². The van der Waals surface area contributed by atoms with Crippen LogP contribution in [0.2, 0.25) is 0 Å². The maximum absolute atomic E-state index is 12.0. The summed E-state index contributed by atoms with van der Waals surface area (Å²) >= 11 is 0. The molecule has 2 saturated heterocycles. The van der Waals surface area contributed by atoms with Gasteiger partial charge in [-0.1, -0.05) is 30.3 Å². The topological polar surface area (TPSA) is 200 Å². The summed E-state index contributed by atoms with van der Waals surface area (Å²) in [4.78, 5) is 48.6. The highest BCUT2D eigenvalue weighted by molar-refractivity contribution is 5.92. The molecule has 4 heterocycles. The van der Waals surface area contributed by atoms with Gasteiger partial charge in [-0.25, -0.2) is 24.4 Å². The molecule has 4 N–H and O–H groups in total. The molecule has 2 fully saturated rings. The van der Waals surface area contributed by atoms with Crippen LogP contribution < -0.4 is 26.2 Å². The fraction of sp³-hybridized carbons (Fsp3) is 0.417. The Morgan fingerprint density at radius 2 is 1.27 bits per heavy atom. The number of carbonyl (C=O) groups excluding carboxylic acids is 3. The van der Waals surface area contributed by atoms with Crippen LogP contribution in [-0.4, -0.2) is 80.4 Å². The van der Waals surface area contributed by atoms with E-state index in [1.54, 1.807) is 33.8 Å². The molecule has 5 rings (SSSR count). The van der Waals surface area contributed by atoms with Gasteiger partial charge in [-0.3, -0.25) is 0 Å². The lowest BCUT2D eigenvalue weighted by Crippen LogP contribution is -2.53. The second-order valence-electron chi connectivity index (χ2n) is 12.0. The Kier molecular flexibility index (Phi) is 17.1. The number of aromatic nitrogens is 2. The van der Waals surface area contributed by atoms with Gasteiger partial charge in [-0.2, -0.15) is 10.5 Å². The van der Waals surface area contributed by atoms with Crippen molar-refractivity contribution >= 4 is 54.4 Å². The predicted molar refractivity (Wildman–Crippen MR) is 201 cm³/mol. The number of amides is 2. The number of hydrogen-bond acceptors (Lipinski definition) is 12. The Labute approximate surface area is 316 Å². The first kappa shape index (κ1) is 43.0. The maximum atomic E-state index is 12.0. The molecule has 2 aliphatic rings. The first-order valence-electron chi connectivity index (χ1n) is 16.5. The molecule has 16 heteroatoms. The lowest BCUT2D eigenvalue weighted by molar-refractivity contribution is 0.0515. The molecule has 0 unspecified atom stereocenters. The quantitative estimate of drug-likeness (QED) is 0.238. The number of benzene rings is 1. The molecule has 1 aromatic carbocycles. The van der Waals surface area contributed by atoms with E-state index in [1.165, 1.54) is 6.07 Å². The van der Waals surface area contributed by atoms with Crippen molar-refractivity contribution < 1.29 is 23.9 Å². The molecule has 0 saturated carbocycles. The number of rotatable bonds is 11. The highest BCUT2D eigenvalue weighted by Gasteiger charge is 2.31. The van der Waals surface area contributed by atoms with Gasteiger partial charge in [0.15, 0.2) is 0 Å². The van der Waals surface area contributed by atoms with Crippen molar-refractivity contribution in [1.82, 2.24) is 20.6 Å². The number of halogens is 2. The minimum Gasteiger partial charge on any atom is -0.462 e. The van der Waals surface area contributed by atoms with E-state index in [-0.39, 0.29) is 43.4 Å². The van der Waals surface area contributed by atoms with Crippen molar-refractivity contribution in [3.8, 4) is 12.1 Å². The van der Waals surface area contributed by atoms with Crippen LogP contribution >= 0.6 is 24.8 Å². The van der Waals surface area contributed by atoms with Crippen molar-refractivity contribution in [2.24, 2.45) is 17.6 Å². The summed E-state index contributed by atoms with van der Waals surface area (Å²) in [6.45, 7) is 12.1. The summed E-state index contributed by atoms with van der Waals surface area (Å²) in [5.41, 5.74) is 9.15. The van der Waals surface area contributed by atoms with Gasteiger partial charge < -0.3 is 35.6 Å². The lowest BCUT2D eigenvalue weighted by Gasteiger charge is -2.40. The summed E-state index contributed by atoms with van der Waals surface area (Å²) in [5.74, 6) is 0.997. The molecule has 14 nitrogen and oxygen atoms in total. The zero-order chi connectivity index (χ0) is 36.2. The second-order valence-corrected chi connectivity index (χ2v) is 12.0. The summed E-state index contributed by atoms with van der Waals surface area (Å²) in [7, 11) is 0. The molecule has 0 spiro atoms. The minimum atomic E-state index is -0.474. The normalized spacial score (nSPS) is 13.2. The van der Waals surface area contributed by atoms with E-state index in [2.05, 4.69) is 32.7 Å². The first-order valence-corrected chi connectivity index (χ1v) is 16.5. The van der Waals surface area contributed by atoms with E-state index in [4.69, 9.17) is 15.2 Å². The maximum Gasteiger partial charge on any atom is 0.340 e. The Hall–Kier alpha value is -5.15. The van der Waals surface area contributed by atoms with Crippen molar-refractivity contribution in [1.29, 1.82) is 10.5 Å². The molecule has 2 aliphatic heterocycles. The van der Waals surface area contributed by atoms with Crippen molar-refractivity contribution in [2.45, 2.75) is 34.2 Å². The zero-order valence-corrected chi connectivity index (χ0v) is 31.3. The van der Waals surface area contributed by atoms with E-state index in [1.807, 2.05) is 40.1 Å². The number of carbonyl (C=O) groups is 3. The van der Waals surface area contributed by atoms with E-state index >= 15 is 0 Å². The van der Waals surface area contributed by atoms with Gasteiger partial charge >= 0.3 is 18.0 Å². The predicted octanol–water partition coefficient (Wildman–Crippen LogP) is 4.05. The zero-order valence-electron chi connectivity index (χ0n) is 29.7. The SMILES string of the molecule is CCOC(=O)c1cc(C#N)c(N2CC(CN)C2)nc1C.CCOC(=O)c1cc(C#N)c(N2CC(CNC(=O)NCc3ccccc3)C2)nc1C.Cl.Cl. The average Bonchev–Trinajstić information content (AvgIpc) is 3.07. The third-order valence-electron chi connectivity index (χ3n) is 8.31. The number of urea groups is 1.